The summed E-state index contributed by atoms with van der Waals surface area (Å²) in [5, 5.41) is 11.5. The minimum atomic E-state index is -1.74. The van der Waals surface area contributed by atoms with E-state index in [0.717, 1.165) is 5.56 Å². The van der Waals surface area contributed by atoms with Gasteiger partial charge in [-0.3, -0.25) is 4.79 Å². The van der Waals surface area contributed by atoms with Crippen molar-refractivity contribution in [1.82, 2.24) is 0 Å². The molecule has 0 spiro atoms. The van der Waals surface area contributed by atoms with Crippen molar-refractivity contribution < 1.29 is 19.4 Å². The largest absolute Gasteiger partial charge is 0.497 e. The van der Waals surface area contributed by atoms with Gasteiger partial charge in [-0.05, 0) is 30.2 Å². The second kappa shape index (κ2) is 6.89. The van der Waals surface area contributed by atoms with Gasteiger partial charge in [0.15, 0.2) is 5.78 Å². The Kier molecular flexibility index (Phi) is 4.42. The first-order valence-corrected chi connectivity index (χ1v) is 8.85. The number of carbonyl (C=O) groups excluding carboxylic acids is 1. The molecule has 4 heteroatoms. The van der Waals surface area contributed by atoms with Crippen molar-refractivity contribution in [2.45, 2.75) is 12.2 Å². The number of hydrogen-bond acceptors (Lipinski definition) is 4. The molecule has 2 atom stereocenters. The fourth-order valence-corrected chi connectivity index (χ4v) is 3.55. The molecule has 0 aliphatic carbocycles. The molecule has 136 valence electrons. The van der Waals surface area contributed by atoms with Crippen molar-refractivity contribution in [3.05, 3.63) is 95.6 Å². The van der Waals surface area contributed by atoms with Crippen LogP contribution in [0.15, 0.2) is 78.9 Å². The minimum Gasteiger partial charge on any atom is -0.497 e. The molecule has 1 aliphatic heterocycles. The molecule has 0 radical (unpaired) electrons. The summed E-state index contributed by atoms with van der Waals surface area (Å²) in [6, 6.07) is 23.5. The number of benzene rings is 3. The van der Waals surface area contributed by atoms with Crippen molar-refractivity contribution in [3.8, 4) is 11.5 Å². The third-order valence-electron chi connectivity index (χ3n) is 4.99. The zero-order valence-corrected chi connectivity index (χ0v) is 15.0. The van der Waals surface area contributed by atoms with Gasteiger partial charge in [0, 0.05) is 11.1 Å². The summed E-state index contributed by atoms with van der Waals surface area (Å²) in [6.45, 7) is 0. The lowest BCUT2D eigenvalue weighted by molar-refractivity contribution is -0.183. The molecule has 3 aromatic rings. The Morgan fingerprint density at radius 3 is 2.37 bits per heavy atom. The first-order chi connectivity index (χ1) is 13.1. The molecule has 0 aromatic heterocycles. The third kappa shape index (κ3) is 3.09. The van der Waals surface area contributed by atoms with Gasteiger partial charge in [0.05, 0.1) is 13.0 Å². The van der Waals surface area contributed by atoms with Crippen LogP contribution in [0, 0.1) is 5.92 Å². The lowest BCUT2D eigenvalue weighted by Crippen LogP contribution is -2.48. The number of Topliss-reactive ketones (excluding diaryl/α,β-unsaturated/α-hetero) is 1. The van der Waals surface area contributed by atoms with Crippen LogP contribution in [-0.4, -0.2) is 18.0 Å². The van der Waals surface area contributed by atoms with Crippen LogP contribution in [-0.2, 0) is 12.2 Å². The number of ketones is 1. The zero-order chi connectivity index (χ0) is 18.9. The molecule has 3 aromatic carbocycles. The van der Waals surface area contributed by atoms with Gasteiger partial charge in [-0.1, -0.05) is 60.7 Å². The summed E-state index contributed by atoms with van der Waals surface area (Å²) < 4.78 is 11.3. The predicted molar refractivity (Wildman–Crippen MR) is 102 cm³/mol. The number of aliphatic hydroxyl groups is 1. The molecule has 27 heavy (non-hydrogen) atoms. The smallest absolute Gasteiger partial charge is 0.245 e. The van der Waals surface area contributed by atoms with Crippen LogP contribution in [0.2, 0.25) is 0 Å². The number of fused-ring (bicyclic) bond motifs is 1. The lowest BCUT2D eigenvalue weighted by atomic mass is 9.79. The zero-order valence-electron chi connectivity index (χ0n) is 15.0. The van der Waals surface area contributed by atoms with Gasteiger partial charge >= 0.3 is 0 Å². The maximum atomic E-state index is 13.3. The first kappa shape index (κ1) is 17.3. The number of methoxy groups -OCH3 is 1. The molecule has 4 nitrogen and oxygen atoms in total. The topological polar surface area (TPSA) is 55.8 Å². The normalized spacial score (nSPS) is 21.0. The van der Waals surface area contributed by atoms with E-state index in [2.05, 4.69) is 0 Å². The second-order valence-electron chi connectivity index (χ2n) is 6.63. The van der Waals surface area contributed by atoms with Crippen molar-refractivity contribution in [1.29, 1.82) is 0 Å². The molecule has 1 heterocycles. The van der Waals surface area contributed by atoms with Crippen molar-refractivity contribution >= 4 is 5.78 Å². The summed E-state index contributed by atoms with van der Waals surface area (Å²) in [4.78, 5) is 13.3. The fourth-order valence-electron chi connectivity index (χ4n) is 3.55. The van der Waals surface area contributed by atoms with Gasteiger partial charge in [-0.15, -0.1) is 0 Å². The van der Waals surface area contributed by atoms with Crippen LogP contribution < -0.4 is 9.47 Å². The van der Waals surface area contributed by atoms with Gasteiger partial charge in [0.1, 0.15) is 11.5 Å². The summed E-state index contributed by atoms with van der Waals surface area (Å²) in [6.07, 6.45) is 0.353. The monoisotopic (exact) mass is 360 g/mol. The number of rotatable bonds is 4. The minimum absolute atomic E-state index is 0.157. The highest BCUT2D eigenvalue weighted by molar-refractivity contribution is 5.99. The molecular formula is C23H20O4. The van der Waals surface area contributed by atoms with E-state index in [0.29, 0.717) is 29.0 Å². The van der Waals surface area contributed by atoms with Crippen LogP contribution in [0.5, 0.6) is 11.5 Å². The van der Waals surface area contributed by atoms with E-state index in [4.69, 9.17) is 9.47 Å². The van der Waals surface area contributed by atoms with E-state index in [9.17, 15) is 9.90 Å². The number of hydrogen-bond donors (Lipinski definition) is 1. The van der Waals surface area contributed by atoms with Gasteiger partial charge in [-0.25, -0.2) is 0 Å². The highest BCUT2D eigenvalue weighted by atomic mass is 16.6. The van der Waals surface area contributed by atoms with E-state index in [1.807, 2.05) is 42.5 Å². The van der Waals surface area contributed by atoms with Crippen LogP contribution in [0.25, 0.3) is 0 Å². The predicted octanol–water partition coefficient (Wildman–Crippen LogP) is 3.97. The van der Waals surface area contributed by atoms with E-state index < -0.39 is 11.7 Å². The highest BCUT2D eigenvalue weighted by Crippen LogP contribution is 2.44. The van der Waals surface area contributed by atoms with Gasteiger partial charge in [-0.2, -0.15) is 0 Å². The summed E-state index contributed by atoms with van der Waals surface area (Å²) in [5.74, 6) is -1.43. The van der Waals surface area contributed by atoms with Crippen LogP contribution in [0.4, 0.5) is 0 Å². The Labute approximate surface area is 158 Å². The van der Waals surface area contributed by atoms with Gasteiger partial charge in [0.25, 0.3) is 0 Å². The summed E-state index contributed by atoms with van der Waals surface area (Å²) in [5.41, 5.74) is 1.94. The van der Waals surface area contributed by atoms with Crippen LogP contribution in [0.1, 0.15) is 21.5 Å². The van der Waals surface area contributed by atoms with Gasteiger partial charge < -0.3 is 14.6 Å². The quantitative estimate of drug-likeness (QED) is 0.715. The number of ether oxygens (including phenoxy) is 2. The average molecular weight is 360 g/mol. The number of carbonyl (C=O) groups is 1. The maximum absolute atomic E-state index is 13.3. The van der Waals surface area contributed by atoms with Crippen molar-refractivity contribution in [3.63, 3.8) is 0 Å². The fraction of sp³-hybridized carbons (Fsp3) is 0.174. The molecule has 0 saturated heterocycles. The molecule has 1 aliphatic rings. The van der Waals surface area contributed by atoms with Crippen molar-refractivity contribution in [2.24, 2.45) is 5.92 Å². The van der Waals surface area contributed by atoms with E-state index >= 15 is 0 Å². The van der Waals surface area contributed by atoms with E-state index in [1.165, 1.54) is 0 Å². The Morgan fingerprint density at radius 2 is 1.70 bits per heavy atom. The Hall–Kier alpha value is -3.11. The first-order valence-electron chi connectivity index (χ1n) is 8.85. The Morgan fingerprint density at radius 1 is 1.04 bits per heavy atom. The average Bonchev–Trinajstić information content (AvgIpc) is 2.73. The van der Waals surface area contributed by atoms with E-state index in [-0.39, 0.29) is 5.78 Å². The molecule has 1 N–H and O–H groups in total. The Balaban J connectivity index is 1.82. The summed E-state index contributed by atoms with van der Waals surface area (Å²) in [7, 11) is 1.60. The van der Waals surface area contributed by atoms with E-state index in [1.54, 1.807) is 43.5 Å². The SMILES string of the molecule is COc1ccc2c(c1)CC(C(=O)c1ccccc1)C(O)(c1ccccc1)O2. The van der Waals surface area contributed by atoms with Crippen LogP contribution in [0.3, 0.4) is 0 Å². The summed E-state index contributed by atoms with van der Waals surface area (Å²) >= 11 is 0. The van der Waals surface area contributed by atoms with Crippen LogP contribution >= 0.6 is 0 Å². The molecule has 0 fully saturated rings. The molecule has 0 saturated carbocycles. The molecular weight excluding hydrogens is 340 g/mol. The maximum Gasteiger partial charge on any atom is 0.245 e. The second-order valence-corrected chi connectivity index (χ2v) is 6.63. The molecule has 0 bridgehead atoms. The molecule has 2 unspecified atom stereocenters. The van der Waals surface area contributed by atoms with Gasteiger partial charge in [0.2, 0.25) is 5.79 Å². The third-order valence-corrected chi connectivity index (χ3v) is 4.99. The molecule has 0 amide bonds. The molecule has 4 rings (SSSR count). The standard InChI is InChI=1S/C23H20O4/c1-26-19-12-13-21-17(14-19)15-20(22(24)16-8-4-2-5-9-16)23(25,27-21)18-10-6-3-7-11-18/h2-14,20,25H,15H2,1H3. The lowest BCUT2D eigenvalue weighted by Gasteiger charge is -2.40. The highest BCUT2D eigenvalue weighted by Gasteiger charge is 2.49. The Bertz CT molecular complexity index is 953. The van der Waals surface area contributed by atoms with Crippen molar-refractivity contribution in [2.75, 3.05) is 7.11 Å².